The Morgan fingerprint density at radius 3 is 2.90 bits per heavy atom. The Balaban J connectivity index is 1.54. The van der Waals surface area contributed by atoms with Gasteiger partial charge in [0.2, 0.25) is 0 Å². The van der Waals surface area contributed by atoms with Crippen molar-refractivity contribution >= 4 is 11.4 Å². The van der Waals surface area contributed by atoms with E-state index in [0.717, 1.165) is 24.9 Å². The van der Waals surface area contributed by atoms with Crippen LogP contribution in [0.4, 0.5) is 11.4 Å². The molecule has 3 unspecified atom stereocenters. The van der Waals surface area contributed by atoms with Crippen molar-refractivity contribution in [2.45, 2.75) is 25.3 Å². The second-order valence-electron chi connectivity index (χ2n) is 6.73. The van der Waals surface area contributed by atoms with E-state index in [1.165, 1.54) is 43.7 Å². The van der Waals surface area contributed by atoms with Gasteiger partial charge in [0.05, 0.1) is 11.4 Å². The summed E-state index contributed by atoms with van der Waals surface area (Å²) in [7, 11) is 2.21. The number of nitrogens with one attached hydrogen (secondary N) is 1. The summed E-state index contributed by atoms with van der Waals surface area (Å²) in [5.41, 5.74) is 2.81. The first kappa shape index (κ1) is 12.5. The van der Waals surface area contributed by atoms with Crippen molar-refractivity contribution in [3.63, 3.8) is 0 Å². The Bertz CT molecular complexity index is 487. The normalized spacial score (nSPS) is 32.4. The number of benzene rings is 1. The number of hydrogen-bond acceptors (Lipinski definition) is 3. The number of anilines is 2. The molecule has 20 heavy (non-hydrogen) atoms. The van der Waals surface area contributed by atoms with E-state index in [1.54, 1.807) is 0 Å². The molecular weight excluding hydrogens is 246 g/mol. The highest BCUT2D eigenvalue weighted by atomic mass is 15.3. The smallest absolute Gasteiger partial charge is 0.0605 e. The van der Waals surface area contributed by atoms with Gasteiger partial charge >= 0.3 is 0 Å². The zero-order chi connectivity index (χ0) is 13.5. The van der Waals surface area contributed by atoms with Crippen molar-refractivity contribution in [1.29, 1.82) is 0 Å². The van der Waals surface area contributed by atoms with Crippen molar-refractivity contribution in [3.05, 3.63) is 24.3 Å². The first-order valence-corrected chi connectivity index (χ1v) is 8.11. The highest BCUT2D eigenvalue weighted by Gasteiger charge is 2.39. The summed E-state index contributed by atoms with van der Waals surface area (Å²) in [5.74, 6) is 1.89. The molecule has 0 radical (unpaired) electrons. The Hall–Kier alpha value is -1.22. The standard InChI is InChI=1S/C17H25N3/c1-19-9-10-20(17-8-3-2-7-16(17)19)12-15-14-6-4-5-13(14)11-18-15/h2-3,7-8,13-15,18H,4-6,9-12H2,1H3. The van der Waals surface area contributed by atoms with Gasteiger partial charge in [-0.05, 0) is 43.4 Å². The van der Waals surface area contributed by atoms with E-state index in [-0.39, 0.29) is 0 Å². The molecule has 3 aliphatic rings. The van der Waals surface area contributed by atoms with Crippen molar-refractivity contribution in [2.24, 2.45) is 11.8 Å². The lowest BCUT2D eigenvalue weighted by Crippen LogP contribution is -2.46. The molecule has 0 spiro atoms. The van der Waals surface area contributed by atoms with Crippen LogP contribution in [0.2, 0.25) is 0 Å². The average molecular weight is 271 g/mol. The van der Waals surface area contributed by atoms with Crippen LogP contribution in [0.25, 0.3) is 0 Å². The van der Waals surface area contributed by atoms with Crippen LogP contribution in [0.5, 0.6) is 0 Å². The summed E-state index contributed by atoms with van der Waals surface area (Å²) in [5, 5.41) is 3.79. The number of para-hydroxylation sites is 2. The van der Waals surface area contributed by atoms with E-state index in [2.05, 4.69) is 46.4 Å². The molecule has 1 N–H and O–H groups in total. The first-order chi connectivity index (χ1) is 9.83. The highest BCUT2D eigenvalue weighted by Crippen LogP contribution is 2.39. The number of nitrogens with zero attached hydrogens (tertiary/aromatic N) is 2. The van der Waals surface area contributed by atoms with Gasteiger partial charge in [-0.15, -0.1) is 0 Å². The van der Waals surface area contributed by atoms with Gasteiger partial charge < -0.3 is 15.1 Å². The molecule has 1 aromatic rings. The molecular formula is C17H25N3. The van der Waals surface area contributed by atoms with Crippen LogP contribution < -0.4 is 15.1 Å². The SMILES string of the molecule is CN1CCN(CC2NCC3CCCC32)c2ccccc21. The predicted molar refractivity (Wildman–Crippen MR) is 84.5 cm³/mol. The summed E-state index contributed by atoms with van der Waals surface area (Å²) in [6.07, 6.45) is 4.35. The molecule has 1 saturated carbocycles. The Morgan fingerprint density at radius 2 is 2.00 bits per heavy atom. The third kappa shape index (κ3) is 1.99. The van der Waals surface area contributed by atoms with Crippen LogP contribution in [-0.2, 0) is 0 Å². The molecule has 1 aromatic carbocycles. The van der Waals surface area contributed by atoms with Crippen molar-refractivity contribution in [1.82, 2.24) is 5.32 Å². The minimum Gasteiger partial charge on any atom is -0.371 e. The number of hydrogen-bond donors (Lipinski definition) is 1. The minimum absolute atomic E-state index is 0.707. The zero-order valence-corrected chi connectivity index (χ0v) is 12.4. The highest BCUT2D eigenvalue weighted by molar-refractivity contribution is 5.73. The van der Waals surface area contributed by atoms with Gasteiger partial charge in [-0.3, -0.25) is 0 Å². The third-order valence-corrected chi connectivity index (χ3v) is 5.63. The van der Waals surface area contributed by atoms with Crippen molar-refractivity contribution in [3.8, 4) is 0 Å². The van der Waals surface area contributed by atoms with E-state index >= 15 is 0 Å². The molecule has 2 aliphatic heterocycles. The van der Waals surface area contributed by atoms with E-state index in [1.807, 2.05) is 0 Å². The largest absolute Gasteiger partial charge is 0.371 e. The van der Waals surface area contributed by atoms with E-state index < -0.39 is 0 Å². The fourth-order valence-corrected chi connectivity index (χ4v) is 4.50. The maximum atomic E-state index is 3.79. The van der Waals surface area contributed by atoms with Crippen LogP contribution in [0.1, 0.15) is 19.3 Å². The Morgan fingerprint density at radius 1 is 1.15 bits per heavy atom. The first-order valence-electron chi connectivity index (χ1n) is 8.11. The van der Waals surface area contributed by atoms with E-state index in [0.29, 0.717) is 6.04 Å². The second-order valence-corrected chi connectivity index (χ2v) is 6.73. The van der Waals surface area contributed by atoms with Crippen LogP contribution in [-0.4, -0.2) is 39.3 Å². The maximum absolute atomic E-state index is 3.79. The van der Waals surface area contributed by atoms with Gasteiger partial charge in [-0.2, -0.15) is 0 Å². The molecule has 3 heteroatoms. The molecule has 3 atom stereocenters. The van der Waals surface area contributed by atoms with Crippen LogP contribution in [0.3, 0.4) is 0 Å². The van der Waals surface area contributed by atoms with Gasteiger partial charge in [-0.1, -0.05) is 18.6 Å². The Kier molecular flexibility index (Phi) is 3.10. The minimum atomic E-state index is 0.707. The number of rotatable bonds is 2. The molecule has 1 saturated heterocycles. The van der Waals surface area contributed by atoms with Gasteiger partial charge in [0, 0.05) is 32.7 Å². The zero-order valence-electron chi connectivity index (χ0n) is 12.4. The number of fused-ring (bicyclic) bond motifs is 2. The number of likely N-dealkylation sites (N-methyl/N-ethyl adjacent to an activating group) is 1. The van der Waals surface area contributed by atoms with E-state index in [4.69, 9.17) is 0 Å². The van der Waals surface area contributed by atoms with E-state index in [9.17, 15) is 0 Å². The third-order valence-electron chi connectivity index (χ3n) is 5.63. The lowest BCUT2D eigenvalue weighted by atomic mass is 9.93. The molecule has 0 aromatic heterocycles. The summed E-state index contributed by atoms with van der Waals surface area (Å²) in [6, 6.07) is 9.57. The van der Waals surface area contributed by atoms with Gasteiger partial charge in [-0.25, -0.2) is 0 Å². The van der Waals surface area contributed by atoms with Gasteiger partial charge in [0.15, 0.2) is 0 Å². The fraction of sp³-hybridized carbons (Fsp3) is 0.647. The topological polar surface area (TPSA) is 18.5 Å². The van der Waals surface area contributed by atoms with Crippen LogP contribution in [0, 0.1) is 11.8 Å². The Labute approximate surface area is 121 Å². The predicted octanol–water partition coefficient (Wildman–Crippen LogP) is 2.33. The molecule has 0 bridgehead atoms. The van der Waals surface area contributed by atoms with Gasteiger partial charge in [0.1, 0.15) is 0 Å². The maximum Gasteiger partial charge on any atom is 0.0605 e. The fourth-order valence-electron chi connectivity index (χ4n) is 4.50. The second kappa shape index (κ2) is 4.96. The van der Waals surface area contributed by atoms with Crippen molar-refractivity contribution in [2.75, 3.05) is 43.0 Å². The van der Waals surface area contributed by atoms with Crippen LogP contribution >= 0.6 is 0 Å². The molecule has 108 valence electrons. The van der Waals surface area contributed by atoms with Crippen LogP contribution in [0.15, 0.2) is 24.3 Å². The average Bonchev–Trinajstić information content (AvgIpc) is 3.07. The molecule has 1 aliphatic carbocycles. The lowest BCUT2D eigenvalue weighted by molar-refractivity contribution is 0.408. The summed E-state index contributed by atoms with van der Waals surface area (Å²) < 4.78 is 0. The summed E-state index contributed by atoms with van der Waals surface area (Å²) in [6.45, 7) is 4.73. The van der Waals surface area contributed by atoms with Crippen molar-refractivity contribution < 1.29 is 0 Å². The monoisotopic (exact) mass is 271 g/mol. The molecule has 0 amide bonds. The summed E-state index contributed by atoms with van der Waals surface area (Å²) in [4.78, 5) is 4.99. The summed E-state index contributed by atoms with van der Waals surface area (Å²) >= 11 is 0. The quantitative estimate of drug-likeness (QED) is 0.890. The van der Waals surface area contributed by atoms with Gasteiger partial charge in [0.25, 0.3) is 0 Å². The lowest BCUT2D eigenvalue weighted by Gasteiger charge is -2.39. The molecule has 2 fully saturated rings. The molecule has 3 nitrogen and oxygen atoms in total. The molecule has 2 heterocycles. The molecule has 4 rings (SSSR count).